The van der Waals surface area contributed by atoms with Gasteiger partial charge in [-0.25, -0.2) is 8.42 Å². The maximum atomic E-state index is 11.7. The van der Waals surface area contributed by atoms with Crippen molar-refractivity contribution in [1.82, 2.24) is 9.88 Å². The van der Waals surface area contributed by atoms with Crippen LogP contribution in [0.1, 0.15) is 33.3 Å². The van der Waals surface area contributed by atoms with E-state index in [1.165, 1.54) is 5.56 Å². The summed E-state index contributed by atoms with van der Waals surface area (Å²) >= 11 is 0. The van der Waals surface area contributed by atoms with Gasteiger partial charge in [-0.1, -0.05) is 13.8 Å². The standard InChI is InChI=1S/C13H24N2O2S/c1-11(2)14-9-13-5-6-15(10-13)7-8-18(16,17)12(3)4/h5-6,10-12,14H,7-9H2,1-4H3. The third kappa shape index (κ3) is 4.82. The molecule has 0 saturated heterocycles. The minimum absolute atomic E-state index is 0.205. The summed E-state index contributed by atoms with van der Waals surface area (Å²) in [6.07, 6.45) is 3.94. The molecule has 1 rings (SSSR count). The summed E-state index contributed by atoms with van der Waals surface area (Å²) in [6, 6.07) is 2.48. The minimum Gasteiger partial charge on any atom is -0.353 e. The molecule has 5 heteroatoms. The predicted molar refractivity (Wildman–Crippen MR) is 75.3 cm³/mol. The first kappa shape index (κ1) is 15.2. The van der Waals surface area contributed by atoms with E-state index < -0.39 is 9.84 Å². The van der Waals surface area contributed by atoms with Crippen LogP contribution in [0.25, 0.3) is 0 Å². The fourth-order valence-corrected chi connectivity index (χ4v) is 2.46. The number of hydrogen-bond donors (Lipinski definition) is 1. The fourth-order valence-electron chi connectivity index (χ4n) is 1.52. The average molecular weight is 272 g/mol. The van der Waals surface area contributed by atoms with Crippen molar-refractivity contribution >= 4 is 9.84 Å². The van der Waals surface area contributed by atoms with Crippen LogP contribution in [0, 0.1) is 0 Å². The number of sulfone groups is 1. The summed E-state index contributed by atoms with van der Waals surface area (Å²) in [5, 5.41) is 3.04. The van der Waals surface area contributed by atoms with E-state index in [0.29, 0.717) is 12.6 Å². The maximum absolute atomic E-state index is 11.7. The number of aromatic nitrogens is 1. The van der Waals surface area contributed by atoms with Crippen molar-refractivity contribution in [2.24, 2.45) is 0 Å². The second-order valence-corrected chi connectivity index (χ2v) is 7.89. The monoisotopic (exact) mass is 272 g/mol. The third-order valence-corrected chi connectivity index (χ3v) is 5.07. The molecular weight excluding hydrogens is 248 g/mol. The predicted octanol–water partition coefficient (Wildman–Crippen LogP) is 1.81. The molecule has 0 atom stereocenters. The Balaban J connectivity index is 2.50. The maximum Gasteiger partial charge on any atom is 0.154 e. The Morgan fingerprint density at radius 1 is 1.28 bits per heavy atom. The summed E-state index contributed by atoms with van der Waals surface area (Å²) < 4.78 is 25.3. The van der Waals surface area contributed by atoms with E-state index in [1.807, 2.05) is 23.0 Å². The Morgan fingerprint density at radius 2 is 1.94 bits per heavy atom. The number of rotatable bonds is 7. The van der Waals surface area contributed by atoms with E-state index in [4.69, 9.17) is 0 Å². The lowest BCUT2D eigenvalue weighted by Crippen LogP contribution is -2.22. The Hall–Kier alpha value is -0.810. The normalized spacial score (nSPS) is 12.6. The molecule has 1 heterocycles. The smallest absolute Gasteiger partial charge is 0.154 e. The first-order chi connectivity index (χ1) is 8.31. The Kier molecular flexibility index (Phi) is 5.41. The van der Waals surface area contributed by atoms with E-state index >= 15 is 0 Å². The highest BCUT2D eigenvalue weighted by Crippen LogP contribution is 2.05. The zero-order valence-corrected chi connectivity index (χ0v) is 12.5. The van der Waals surface area contributed by atoms with Crippen LogP contribution >= 0.6 is 0 Å². The molecule has 0 aliphatic carbocycles. The van der Waals surface area contributed by atoms with Gasteiger partial charge in [0.1, 0.15) is 0 Å². The summed E-state index contributed by atoms with van der Waals surface area (Å²) in [5.41, 5.74) is 1.19. The lowest BCUT2D eigenvalue weighted by molar-refractivity contribution is 0.579. The Labute approximate surface area is 110 Å². The Bertz CT molecular complexity index is 461. The van der Waals surface area contributed by atoms with Crippen molar-refractivity contribution in [3.05, 3.63) is 24.0 Å². The molecule has 1 N–H and O–H groups in total. The number of aryl methyl sites for hydroxylation is 1. The van der Waals surface area contributed by atoms with Crippen LogP contribution in [0.2, 0.25) is 0 Å². The minimum atomic E-state index is -2.95. The van der Waals surface area contributed by atoms with Crippen LogP contribution in [-0.4, -0.2) is 30.0 Å². The number of hydrogen-bond acceptors (Lipinski definition) is 3. The van der Waals surface area contributed by atoms with Gasteiger partial charge in [0.15, 0.2) is 9.84 Å². The summed E-state index contributed by atoms with van der Waals surface area (Å²) in [6.45, 7) is 9.01. The lowest BCUT2D eigenvalue weighted by Gasteiger charge is -2.08. The molecule has 0 spiro atoms. The summed E-state index contributed by atoms with van der Waals surface area (Å²) in [5.74, 6) is 0.205. The van der Waals surface area contributed by atoms with Crippen LogP contribution in [0.4, 0.5) is 0 Å². The SMILES string of the molecule is CC(C)NCc1ccn(CCS(=O)(=O)C(C)C)c1. The first-order valence-corrected chi connectivity index (χ1v) is 8.12. The highest BCUT2D eigenvalue weighted by atomic mass is 32.2. The van der Waals surface area contributed by atoms with Crippen molar-refractivity contribution in [1.29, 1.82) is 0 Å². The molecule has 4 nitrogen and oxygen atoms in total. The van der Waals surface area contributed by atoms with Gasteiger partial charge in [-0.05, 0) is 25.5 Å². The van der Waals surface area contributed by atoms with E-state index in [0.717, 1.165) is 6.54 Å². The van der Waals surface area contributed by atoms with Gasteiger partial charge in [0.05, 0.1) is 11.0 Å². The molecule has 0 radical (unpaired) electrons. The van der Waals surface area contributed by atoms with Gasteiger partial charge in [0.2, 0.25) is 0 Å². The second-order valence-electron chi connectivity index (χ2n) is 5.21. The van der Waals surface area contributed by atoms with Crippen LogP contribution in [0.3, 0.4) is 0 Å². The molecule has 0 fully saturated rings. The van der Waals surface area contributed by atoms with E-state index in [-0.39, 0.29) is 11.0 Å². The molecule has 104 valence electrons. The van der Waals surface area contributed by atoms with Crippen LogP contribution in [0.5, 0.6) is 0 Å². The molecule has 1 aromatic rings. The van der Waals surface area contributed by atoms with Gasteiger partial charge in [0.25, 0.3) is 0 Å². The number of nitrogens with zero attached hydrogens (tertiary/aromatic N) is 1. The van der Waals surface area contributed by atoms with Crippen LogP contribution in [-0.2, 0) is 22.9 Å². The van der Waals surface area contributed by atoms with Crippen LogP contribution in [0.15, 0.2) is 18.5 Å². The van der Waals surface area contributed by atoms with Crippen molar-refractivity contribution < 1.29 is 8.42 Å². The van der Waals surface area contributed by atoms with Gasteiger partial charge in [-0.15, -0.1) is 0 Å². The zero-order chi connectivity index (χ0) is 13.8. The molecule has 0 saturated carbocycles. The fraction of sp³-hybridized carbons (Fsp3) is 0.692. The average Bonchev–Trinajstić information content (AvgIpc) is 2.71. The van der Waals surface area contributed by atoms with Crippen molar-refractivity contribution in [3.8, 4) is 0 Å². The van der Waals surface area contributed by atoms with E-state index in [9.17, 15) is 8.42 Å². The van der Waals surface area contributed by atoms with Crippen molar-refractivity contribution in [2.75, 3.05) is 5.75 Å². The molecule has 18 heavy (non-hydrogen) atoms. The van der Waals surface area contributed by atoms with Gasteiger partial charge in [-0.2, -0.15) is 0 Å². The highest BCUT2D eigenvalue weighted by Gasteiger charge is 2.15. The van der Waals surface area contributed by atoms with Gasteiger partial charge < -0.3 is 9.88 Å². The van der Waals surface area contributed by atoms with Gasteiger partial charge >= 0.3 is 0 Å². The lowest BCUT2D eigenvalue weighted by atomic mass is 10.3. The summed E-state index contributed by atoms with van der Waals surface area (Å²) in [7, 11) is -2.95. The second kappa shape index (κ2) is 6.38. The molecule has 0 aromatic carbocycles. The molecule has 1 aromatic heterocycles. The topological polar surface area (TPSA) is 51.1 Å². The Morgan fingerprint density at radius 3 is 2.50 bits per heavy atom. The molecule has 0 bridgehead atoms. The van der Waals surface area contributed by atoms with Crippen molar-refractivity contribution in [3.63, 3.8) is 0 Å². The molecule has 0 aliphatic heterocycles. The largest absolute Gasteiger partial charge is 0.353 e. The van der Waals surface area contributed by atoms with Crippen LogP contribution < -0.4 is 5.32 Å². The number of nitrogens with one attached hydrogen (secondary N) is 1. The molecule has 0 amide bonds. The van der Waals surface area contributed by atoms with Crippen molar-refractivity contribution in [2.45, 2.75) is 52.1 Å². The highest BCUT2D eigenvalue weighted by molar-refractivity contribution is 7.91. The quantitative estimate of drug-likeness (QED) is 0.823. The first-order valence-electron chi connectivity index (χ1n) is 6.41. The summed E-state index contributed by atoms with van der Waals surface area (Å²) in [4.78, 5) is 0. The third-order valence-electron chi connectivity index (χ3n) is 2.88. The van der Waals surface area contributed by atoms with E-state index in [2.05, 4.69) is 19.2 Å². The van der Waals surface area contributed by atoms with Gasteiger partial charge in [0, 0.05) is 31.5 Å². The molecule has 0 aliphatic rings. The zero-order valence-electron chi connectivity index (χ0n) is 11.7. The molecular formula is C13H24N2O2S. The van der Waals surface area contributed by atoms with Gasteiger partial charge in [-0.3, -0.25) is 0 Å². The molecule has 0 unspecified atom stereocenters. The van der Waals surface area contributed by atoms with E-state index in [1.54, 1.807) is 13.8 Å².